The third-order valence-electron chi connectivity index (χ3n) is 2.71. The van der Waals surface area contributed by atoms with E-state index >= 15 is 0 Å². The highest BCUT2D eigenvalue weighted by Crippen LogP contribution is 1.97. The van der Waals surface area contributed by atoms with E-state index in [0.29, 0.717) is 0 Å². The lowest BCUT2D eigenvalue weighted by atomic mass is 10.2. The molecule has 0 aromatic rings. The van der Waals surface area contributed by atoms with Crippen molar-refractivity contribution >= 4 is 0 Å². The summed E-state index contributed by atoms with van der Waals surface area (Å²) in [5.74, 6) is 0. The Kier molecular flexibility index (Phi) is 6.33. The van der Waals surface area contributed by atoms with Gasteiger partial charge in [-0.1, -0.05) is 6.92 Å². The van der Waals surface area contributed by atoms with Crippen molar-refractivity contribution in [3.05, 3.63) is 0 Å². The topological polar surface area (TPSA) is 48.3 Å². The molecule has 0 aromatic heterocycles. The minimum atomic E-state index is 0.0229. The molecule has 1 heterocycles. The van der Waals surface area contributed by atoms with Gasteiger partial charge >= 0.3 is 0 Å². The number of nitrogens with zero attached hydrogens (tertiary/aromatic N) is 2. The quantitative estimate of drug-likeness (QED) is 0.654. The zero-order valence-electron chi connectivity index (χ0n) is 9.54. The first-order valence-corrected chi connectivity index (χ1v) is 5.80. The summed E-state index contributed by atoms with van der Waals surface area (Å²) in [5.41, 5.74) is 0. The molecule has 0 amide bonds. The maximum Gasteiger partial charge on any atom is 0.0950 e. The molecule has 86 valence electrons. The lowest BCUT2D eigenvalue weighted by Crippen LogP contribution is -2.38. The number of hydrogen-bond acceptors (Lipinski definition) is 4. The normalized spacial score (nSPS) is 19.7. The van der Waals surface area contributed by atoms with Gasteiger partial charge in [-0.2, -0.15) is 5.26 Å². The summed E-state index contributed by atoms with van der Waals surface area (Å²) in [6, 6.07) is 2.27. The van der Waals surface area contributed by atoms with E-state index in [0.717, 1.165) is 52.2 Å². The smallest absolute Gasteiger partial charge is 0.0950 e. The van der Waals surface area contributed by atoms with E-state index in [1.807, 2.05) is 6.92 Å². The van der Waals surface area contributed by atoms with Crippen LogP contribution in [0.25, 0.3) is 0 Å². The Morgan fingerprint density at radius 3 is 2.80 bits per heavy atom. The molecule has 0 aliphatic carbocycles. The van der Waals surface area contributed by atoms with Gasteiger partial charge < -0.3 is 10.1 Å². The lowest BCUT2D eigenvalue weighted by molar-refractivity contribution is 0.0374. The largest absolute Gasteiger partial charge is 0.379 e. The summed E-state index contributed by atoms with van der Waals surface area (Å²) < 4.78 is 5.28. The zero-order chi connectivity index (χ0) is 10.9. The minimum Gasteiger partial charge on any atom is -0.379 e. The molecule has 1 fully saturated rings. The van der Waals surface area contributed by atoms with Gasteiger partial charge in [-0.05, 0) is 25.9 Å². The highest BCUT2D eigenvalue weighted by atomic mass is 16.5. The predicted molar refractivity (Wildman–Crippen MR) is 59.6 cm³/mol. The Balaban J connectivity index is 1.98. The molecular weight excluding hydrogens is 190 g/mol. The third-order valence-corrected chi connectivity index (χ3v) is 2.71. The van der Waals surface area contributed by atoms with Crippen LogP contribution in [0.5, 0.6) is 0 Å². The van der Waals surface area contributed by atoms with Crippen LogP contribution in [0.1, 0.15) is 19.8 Å². The number of ether oxygens (including phenoxy) is 1. The Hall–Kier alpha value is -0.630. The molecular formula is C11H21N3O. The van der Waals surface area contributed by atoms with Crippen LogP contribution in [0.3, 0.4) is 0 Å². The molecule has 1 unspecified atom stereocenters. The van der Waals surface area contributed by atoms with Crippen LogP contribution in [-0.2, 0) is 4.74 Å². The van der Waals surface area contributed by atoms with Crippen LogP contribution in [-0.4, -0.2) is 50.3 Å². The van der Waals surface area contributed by atoms with E-state index in [2.05, 4.69) is 16.3 Å². The van der Waals surface area contributed by atoms with Gasteiger partial charge in [0.2, 0.25) is 0 Å². The first-order chi connectivity index (χ1) is 7.36. The fraction of sp³-hybridized carbons (Fsp3) is 0.909. The first-order valence-electron chi connectivity index (χ1n) is 5.80. The molecule has 4 heteroatoms. The predicted octanol–water partition coefficient (Wildman–Crippen LogP) is 0.600. The van der Waals surface area contributed by atoms with E-state index in [1.54, 1.807) is 0 Å². The lowest BCUT2D eigenvalue weighted by Gasteiger charge is -2.26. The van der Waals surface area contributed by atoms with Crippen molar-refractivity contribution in [2.24, 2.45) is 0 Å². The standard InChI is InChI=1S/C11H21N3O/c1-2-11(10-12)13-4-3-5-14-6-8-15-9-7-14/h11,13H,2-9H2,1H3. The summed E-state index contributed by atoms with van der Waals surface area (Å²) in [6.07, 6.45) is 1.99. The van der Waals surface area contributed by atoms with E-state index in [4.69, 9.17) is 10.00 Å². The van der Waals surface area contributed by atoms with E-state index < -0.39 is 0 Å². The van der Waals surface area contributed by atoms with Crippen LogP contribution >= 0.6 is 0 Å². The van der Waals surface area contributed by atoms with Gasteiger partial charge in [-0.25, -0.2) is 0 Å². The Bertz CT molecular complexity index is 196. The van der Waals surface area contributed by atoms with Crippen LogP contribution in [0.2, 0.25) is 0 Å². The molecule has 0 aromatic carbocycles. The molecule has 1 N–H and O–H groups in total. The molecule has 15 heavy (non-hydrogen) atoms. The molecule has 0 radical (unpaired) electrons. The number of rotatable bonds is 6. The van der Waals surface area contributed by atoms with Crippen molar-refractivity contribution in [2.45, 2.75) is 25.8 Å². The SMILES string of the molecule is CCC(C#N)NCCCN1CCOCC1. The monoisotopic (exact) mass is 211 g/mol. The van der Waals surface area contributed by atoms with Crippen molar-refractivity contribution < 1.29 is 4.74 Å². The van der Waals surface area contributed by atoms with Crippen LogP contribution < -0.4 is 5.32 Å². The van der Waals surface area contributed by atoms with Crippen LogP contribution in [0.15, 0.2) is 0 Å². The number of hydrogen-bond donors (Lipinski definition) is 1. The van der Waals surface area contributed by atoms with Gasteiger partial charge in [0.05, 0.1) is 25.3 Å². The Morgan fingerprint density at radius 2 is 2.20 bits per heavy atom. The highest BCUT2D eigenvalue weighted by molar-refractivity contribution is 4.88. The van der Waals surface area contributed by atoms with Gasteiger partial charge in [-0.15, -0.1) is 0 Å². The Morgan fingerprint density at radius 1 is 1.47 bits per heavy atom. The molecule has 1 rings (SSSR count). The second-order valence-corrected chi connectivity index (χ2v) is 3.85. The molecule has 0 spiro atoms. The van der Waals surface area contributed by atoms with Crippen molar-refractivity contribution in [2.75, 3.05) is 39.4 Å². The maximum absolute atomic E-state index is 8.73. The fourth-order valence-electron chi connectivity index (χ4n) is 1.68. The summed E-state index contributed by atoms with van der Waals surface area (Å²) >= 11 is 0. The summed E-state index contributed by atoms with van der Waals surface area (Å²) in [4.78, 5) is 2.42. The van der Waals surface area contributed by atoms with Gasteiger partial charge in [0.25, 0.3) is 0 Å². The minimum absolute atomic E-state index is 0.0229. The molecule has 0 saturated carbocycles. The summed E-state index contributed by atoms with van der Waals surface area (Å²) in [5, 5.41) is 12.0. The van der Waals surface area contributed by atoms with Crippen LogP contribution in [0.4, 0.5) is 0 Å². The molecule has 4 nitrogen and oxygen atoms in total. The van der Waals surface area contributed by atoms with Crippen LogP contribution in [0, 0.1) is 11.3 Å². The van der Waals surface area contributed by atoms with E-state index in [-0.39, 0.29) is 6.04 Å². The second-order valence-electron chi connectivity index (χ2n) is 3.85. The fourth-order valence-corrected chi connectivity index (χ4v) is 1.68. The molecule has 1 aliphatic rings. The number of nitrogens with one attached hydrogen (secondary N) is 1. The number of nitriles is 1. The third kappa shape index (κ3) is 5.12. The van der Waals surface area contributed by atoms with Crippen molar-refractivity contribution in [1.29, 1.82) is 5.26 Å². The zero-order valence-corrected chi connectivity index (χ0v) is 9.54. The van der Waals surface area contributed by atoms with Crippen molar-refractivity contribution in [3.63, 3.8) is 0 Å². The van der Waals surface area contributed by atoms with Crippen molar-refractivity contribution in [3.8, 4) is 6.07 Å². The summed E-state index contributed by atoms with van der Waals surface area (Å²) in [6.45, 7) is 7.90. The molecule has 0 bridgehead atoms. The average molecular weight is 211 g/mol. The van der Waals surface area contributed by atoms with E-state index in [9.17, 15) is 0 Å². The molecule has 1 saturated heterocycles. The highest BCUT2D eigenvalue weighted by Gasteiger charge is 2.09. The van der Waals surface area contributed by atoms with Gasteiger partial charge in [0.15, 0.2) is 0 Å². The van der Waals surface area contributed by atoms with Crippen molar-refractivity contribution in [1.82, 2.24) is 10.2 Å². The number of morpholine rings is 1. The van der Waals surface area contributed by atoms with Gasteiger partial charge in [0, 0.05) is 13.1 Å². The van der Waals surface area contributed by atoms with Gasteiger partial charge in [-0.3, -0.25) is 4.90 Å². The second kappa shape index (κ2) is 7.63. The average Bonchev–Trinajstić information content (AvgIpc) is 2.31. The molecule has 1 atom stereocenters. The summed E-state index contributed by atoms with van der Waals surface area (Å²) in [7, 11) is 0. The van der Waals surface area contributed by atoms with E-state index in [1.165, 1.54) is 0 Å². The first kappa shape index (κ1) is 12.4. The Labute approximate surface area is 92.2 Å². The molecule has 1 aliphatic heterocycles. The van der Waals surface area contributed by atoms with Gasteiger partial charge in [0.1, 0.15) is 0 Å². The maximum atomic E-state index is 8.73.